The monoisotopic (exact) mass is 303 g/mol. The molecule has 0 radical (unpaired) electrons. The lowest BCUT2D eigenvalue weighted by Gasteiger charge is -2.07. The molecule has 2 aromatic rings. The molecule has 0 fully saturated rings. The molecule has 0 aromatic heterocycles. The largest absolute Gasteiger partial charge is 0.506 e. The SMILES string of the molecule is O=C(Nc1cc([N+](=O)[O-])ccc1O)c1ccc([N+](=O)[O-])cc1. The average Bonchev–Trinajstić information content (AvgIpc) is 2.49. The Morgan fingerprint density at radius 1 is 0.955 bits per heavy atom. The fraction of sp³-hybridized carbons (Fsp3) is 0. The first-order valence-electron chi connectivity index (χ1n) is 5.91. The number of non-ortho nitro benzene ring substituents is 2. The normalized spacial score (nSPS) is 10.0. The van der Waals surface area contributed by atoms with Crippen molar-refractivity contribution in [3.05, 3.63) is 68.3 Å². The first-order chi connectivity index (χ1) is 10.4. The van der Waals surface area contributed by atoms with E-state index in [-0.39, 0.29) is 28.4 Å². The molecule has 0 unspecified atom stereocenters. The van der Waals surface area contributed by atoms with Crippen LogP contribution in [-0.2, 0) is 0 Å². The zero-order valence-corrected chi connectivity index (χ0v) is 10.9. The van der Waals surface area contributed by atoms with Gasteiger partial charge in [-0.1, -0.05) is 0 Å². The van der Waals surface area contributed by atoms with Gasteiger partial charge in [-0.15, -0.1) is 0 Å². The van der Waals surface area contributed by atoms with E-state index in [0.717, 1.165) is 30.3 Å². The second-order valence-electron chi connectivity index (χ2n) is 4.22. The summed E-state index contributed by atoms with van der Waals surface area (Å²) in [4.78, 5) is 31.9. The molecule has 0 saturated carbocycles. The third kappa shape index (κ3) is 3.15. The molecule has 0 bridgehead atoms. The molecule has 22 heavy (non-hydrogen) atoms. The van der Waals surface area contributed by atoms with Crippen LogP contribution in [0.4, 0.5) is 17.1 Å². The lowest BCUT2D eigenvalue weighted by atomic mass is 10.2. The molecule has 1 amide bonds. The number of nitro groups is 2. The number of benzene rings is 2. The van der Waals surface area contributed by atoms with Gasteiger partial charge in [0.1, 0.15) is 5.75 Å². The maximum absolute atomic E-state index is 12.0. The number of hydrogen-bond donors (Lipinski definition) is 2. The molecule has 0 heterocycles. The van der Waals surface area contributed by atoms with Gasteiger partial charge >= 0.3 is 0 Å². The number of phenols is 1. The Morgan fingerprint density at radius 2 is 1.50 bits per heavy atom. The topological polar surface area (TPSA) is 136 Å². The molecule has 2 N–H and O–H groups in total. The third-order valence-electron chi connectivity index (χ3n) is 2.78. The quantitative estimate of drug-likeness (QED) is 0.506. The van der Waals surface area contributed by atoms with Crippen LogP contribution >= 0.6 is 0 Å². The zero-order chi connectivity index (χ0) is 16.3. The van der Waals surface area contributed by atoms with Crippen molar-refractivity contribution in [2.45, 2.75) is 0 Å². The summed E-state index contributed by atoms with van der Waals surface area (Å²) in [5.41, 5.74) is -0.486. The number of phenolic OH excluding ortho intramolecular Hbond substituents is 1. The van der Waals surface area contributed by atoms with E-state index in [4.69, 9.17) is 0 Å². The fourth-order valence-electron chi connectivity index (χ4n) is 1.67. The molecule has 9 heteroatoms. The summed E-state index contributed by atoms with van der Waals surface area (Å²) in [5, 5.41) is 33.1. The number of rotatable bonds is 4. The molecule has 0 atom stereocenters. The van der Waals surface area contributed by atoms with Crippen LogP contribution in [0.5, 0.6) is 5.75 Å². The predicted molar refractivity (Wildman–Crippen MR) is 75.8 cm³/mol. The predicted octanol–water partition coefficient (Wildman–Crippen LogP) is 2.46. The van der Waals surface area contributed by atoms with Crippen LogP contribution in [0.1, 0.15) is 10.4 Å². The van der Waals surface area contributed by atoms with E-state index in [2.05, 4.69) is 5.32 Å². The van der Waals surface area contributed by atoms with Crippen molar-refractivity contribution in [1.29, 1.82) is 0 Å². The highest BCUT2D eigenvalue weighted by Gasteiger charge is 2.14. The Kier molecular flexibility index (Phi) is 3.98. The summed E-state index contributed by atoms with van der Waals surface area (Å²) in [5.74, 6) is -0.994. The van der Waals surface area contributed by atoms with E-state index >= 15 is 0 Å². The van der Waals surface area contributed by atoms with Crippen LogP contribution in [0.15, 0.2) is 42.5 Å². The highest BCUT2D eigenvalue weighted by Crippen LogP contribution is 2.28. The highest BCUT2D eigenvalue weighted by atomic mass is 16.6. The van der Waals surface area contributed by atoms with Crippen LogP contribution in [-0.4, -0.2) is 20.9 Å². The van der Waals surface area contributed by atoms with Gasteiger partial charge in [0.2, 0.25) is 0 Å². The lowest BCUT2D eigenvalue weighted by molar-refractivity contribution is -0.385. The van der Waals surface area contributed by atoms with Gasteiger partial charge in [0.05, 0.1) is 15.5 Å². The molecule has 0 aliphatic carbocycles. The van der Waals surface area contributed by atoms with Crippen LogP contribution < -0.4 is 5.32 Å². The molecule has 2 aromatic carbocycles. The Bertz CT molecular complexity index is 757. The maximum Gasteiger partial charge on any atom is 0.271 e. The van der Waals surface area contributed by atoms with E-state index in [1.807, 2.05) is 0 Å². The Morgan fingerprint density at radius 3 is 2.05 bits per heavy atom. The molecule has 0 saturated heterocycles. The Balaban J connectivity index is 2.23. The third-order valence-corrected chi connectivity index (χ3v) is 2.78. The molecule has 112 valence electrons. The molecule has 0 spiro atoms. The smallest absolute Gasteiger partial charge is 0.271 e. The second-order valence-corrected chi connectivity index (χ2v) is 4.22. The van der Waals surface area contributed by atoms with E-state index in [1.54, 1.807) is 0 Å². The molecular weight excluding hydrogens is 294 g/mol. The molecule has 9 nitrogen and oxygen atoms in total. The Labute approximate surface area is 123 Å². The van der Waals surface area contributed by atoms with Gasteiger partial charge < -0.3 is 10.4 Å². The standard InChI is InChI=1S/C13H9N3O6/c17-12-6-5-10(16(21)22)7-11(12)14-13(18)8-1-3-9(4-2-8)15(19)20/h1-7,17H,(H,14,18). The highest BCUT2D eigenvalue weighted by molar-refractivity contribution is 6.05. The fourth-order valence-corrected chi connectivity index (χ4v) is 1.67. The number of hydrogen-bond acceptors (Lipinski definition) is 6. The number of nitro benzene ring substituents is 2. The van der Waals surface area contributed by atoms with Gasteiger partial charge in [-0.3, -0.25) is 25.0 Å². The van der Waals surface area contributed by atoms with Crippen molar-refractivity contribution in [2.24, 2.45) is 0 Å². The van der Waals surface area contributed by atoms with Crippen LogP contribution in [0.25, 0.3) is 0 Å². The maximum atomic E-state index is 12.0. The van der Waals surface area contributed by atoms with Gasteiger partial charge in [-0.2, -0.15) is 0 Å². The number of amides is 1. The van der Waals surface area contributed by atoms with Gasteiger partial charge in [0.25, 0.3) is 17.3 Å². The molecule has 0 aliphatic heterocycles. The molecule has 2 rings (SSSR count). The average molecular weight is 303 g/mol. The van der Waals surface area contributed by atoms with E-state index in [9.17, 15) is 30.1 Å². The van der Waals surface area contributed by atoms with Gasteiger partial charge in [0, 0.05) is 29.8 Å². The van der Waals surface area contributed by atoms with Crippen molar-refractivity contribution in [1.82, 2.24) is 0 Å². The van der Waals surface area contributed by atoms with Crippen LogP contribution in [0.2, 0.25) is 0 Å². The van der Waals surface area contributed by atoms with E-state index in [0.29, 0.717) is 0 Å². The summed E-state index contributed by atoms with van der Waals surface area (Å²) < 4.78 is 0. The first-order valence-corrected chi connectivity index (χ1v) is 5.91. The summed E-state index contributed by atoms with van der Waals surface area (Å²) in [7, 11) is 0. The zero-order valence-electron chi connectivity index (χ0n) is 10.9. The van der Waals surface area contributed by atoms with E-state index in [1.165, 1.54) is 12.1 Å². The minimum atomic E-state index is -0.666. The summed E-state index contributed by atoms with van der Waals surface area (Å²) in [6, 6.07) is 7.98. The van der Waals surface area contributed by atoms with Crippen molar-refractivity contribution >= 4 is 23.0 Å². The van der Waals surface area contributed by atoms with Crippen molar-refractivity contribution in [3.8, 4) is 5.75 Å². The minimum absolute atomic E-state index is 0.108. The van der Waals surface area contributed by atoms with Crippen LogP contribution in [0.3, 0.4) is 0 Å². The first kappa shape index (κ1) is 14.9. The molecular formula is C13H9N3O6. The van der Waals surface area contributed by atoms with Gasteiger partial charge in [-0.05, 0) is 18.2 Å². The van der Waals surface area contributed by atoms with Crippen molar-refractivity contribution < 1.29 is 19.7 Å². The number of nitrogens with one attached hydrogen (secondary N) is 1. The summed E-state index contributed by atoms with van der Waals surface area (Å²) in [6.45, 7) is 0. The minimum Gasteiger partial charge on any atom is -0.506 e. The lowest BCUT2D eigenvalue weighted by Crippen LogP contribution is -2.12. The second kappa shape index (κ2) is 5.87. The van der Waals surface area contributed by atoms with E-state index < -0.39 is 15.8 Å². The summed E-state index contributed by atoms with van der Waals surface area (Å²) >= 11 is 0. The van der Waals surface area contributed by atoms with Gasteiger partial charge in [-0.25, -0.2) is 0 Å². The summed E-state index contributed by atoms with van der Waals surface area (Å²) in [6.07, 6.45) is 0. The number of anilines is 1. The van der Waals surface area contributed by atoms with Gasteiger partial charge in [0.15, 0.2) is 0 Å². The number of nitrogens with zero attached hydrogens (tertiary/aromatic N) is 2. The van der Waals surface area contributed by atoms with Crippen molar-refractivity contribution in [3.63, 3.8) is 0 Å². The van der Waals surface area contributed by atoms with Crippen molar-refractivity contribution in [2.75, 3.05) is 5.32 Å². The van der Waals surface area contributed by atoms with Crippen LogP contribution in [0, 0.1) is 20.2 Å². The molecule has 0 aliphatic rings. The number of carbonyl (C=O) groups excluding carboxylic acids is 1. The Hall–Kier alpha value is -3.49. The number of aromatic hydroxyl groups is 1. The number of carbonyl (C=O) groups is 1.